The second kappa shape index (κ2) is 10.3. The summed E-state index contributed by atoms with van der Waals surface area (Å²) < 4.78 is 31.7. The zero-order valence-corrected chi connectivity index (χ0v) is 19.4. The number of rotatable bonds is 7. The monoisotopic (exact) mass is 471 g/mol. The van der Waals surface area contributed by atoms with Crippen molar-refractivity contribution in [2.24, 2.45) is 0 Å². The number of anilines is 1. The van der Waals surface area contributed by atoms with Gasteiger partial charge in [0.25, 0.3) is 5.91 Å². The van der Waals surface area contributed by atoms with E-state index in [1.54, 1.807) is 48.8 Å². The molecule has 0 radical (unpaired) electrons. The lowest BCUT2D eigenvalue weighted by atomic mass is 10.1. The number of hydrogen-bond donors (Lipinski definition) is 1. The van der Waals surface area contributed by atoms with Crippen LogP contribution in [0.3, 0.4) is 0 Å². The van der Waals surface area contributed by atoms with Crippen molar-refractivity contribution in [3.05, 3.63) is 59.8 Å². The van der Waals surface area contributed by atoms with Gasteiger partial charge < -0.3 is 9.64 Å². The predicted molar refractivity (Wildman–Crippen MR) is 127 cm³/mol. The molecule has 2 fully saturated rings. The maximum atomic E-state index is 12.7. The van der Waals surface area contributed by atoms with Crippen LogP contribution in [-0.2, 0) is 14.8 Å². The second-order valence-electron chi connectivity index (χ2n) is 8.10. The molecule has 9 nitrogen and oxygen atoms in total. The molecule has 2 aromatic rings. The third-order valence-corrected chi connectivity index (χ3v) is 7.47. The zero-order chi connectivity index (χ0) is 23.3. The number of hydrazine groups is 1. The van der Waals surface area contributed by atoms with Crippen LogP contribution in [0.1, 0.15) is 18.4 Å². The molecule has 4 rings (SSSR count). The molecule has 10 heteroatoms. The highest BCUT2D eigenvalue weighted by Gasteiger charge is 2.32. The Morgan fingerprint density at radius 3 is 2.36 bits per heavy atom. The number of methoxy groups -OCH3 is 1. The molecule has 1 aromatic heterocycles. The van der Waals surface area contributed by atoms with Crippen molar-refractivity contribution in [2.45, 2.75) is 18.9 Å². The summed E-state index contributed by atoms with van der Waals surface area (Å²) in [5.74, 6) is 0.464. The van der Waals surface area contributed by atoms with Crippen molar-refractivity contribution in [3.63, 3.8) is 0 Å². The average Bonchev–Trinajstić information content (AvgIpc) is 2.85. The Hall–Kier alpha value is -2.95. The highest BCUT2D eigenvalue weighted by Crippen LogP contribution is 2.20. The van der Waals surface area contributed by atoms with Gasteiger partial charge in [0.15, 0.2) is 0 Å². The number of ether oxygens (including phenoxy) is 1. The van der Waals surface area contributed by atoms with Gasteiger partial charge in [0.1, 0.15) is 5.75 Å². The molecule has 3 heterocycles. The lowest BCUT2D eigenvalue weighted by Gasteiger charge is -2.39. The summed E-state index contributed by atoms with van der Waals surface area (Å²) >= 11 is 0. The largest absolute Gasteiger partial charge is 0.497 e. The third kappa shape index (κ3) is 5.89. The van der Waals surface area contributed by atoms with E-state index in [2.05, 4.69) is 15.3 Å². The van der Waals surface area contributed by atoms with E-state index in [-0.39, 0.29) is 25.0 Å². The van der Waals surface area contributed by atoms with Crippen molar-refractivity contribution in [1.82, 2.24) is 19.7 Å². The Balaban J connectivity index is 1.27. The van der Waals surface area contributed by atoms with Crippen LogP contribution in [0, 0.1) is 0 Å². The molecule has 1 aromatic carbocycles. The van der Waals surface area contributed by atoms with Crippen molar-refractivity contribution in [2.75, 3.05) is 44.7 Å². The first-order valence-corrected chi connectivity index (χ1v) is 12.5. The summed E-state index contributed by atoms with van der Waals surface area (Å²) in [4.78, 5) is 19.0. The Kier molecular flexibility index (Phi) is 7.26. The Bertz CT molecular complexity index is 1070. The summed E-state index contributed by atoms with van der Waals surface area (Å²) in [7, 11) is -2.11. The number of nitrogens with zero attached hydrogens (tertiary/aromatic N) is 4. The molecule has 0 saturated carbocycles. The van der Waals surface area contributed by atoms with Crippen molar-refractivity contribution >= 4 is 27.7 Å². The number of piperazine rings is 1. The van der Waals surface area contributed by atoms with Gasteiger partial charge in [-0.2, -0.15) is 4.31 Å². The number of sulfonamides is 1. The van der Waals surface area contributed by atoms with Crippen LogP contribution in [0.15, 0.2) is 54.2 Å². The Morgan fingerprint density at radius 1 is 1.03 bits per heavy atom. The predicted octanol–water partition coefficient (Wildman–Crippen LogP) is 1.71. The number of benzene rings is 1. The van der Waals surface area contributed by atoms with Gasteiger partial charge >= 0.3 is 0 Å². The average molecular weight is 472 g/mol. The van der Waals surface area contributed by atoms with Gasteiger partial charge in [-0.3, -0.25) is 14.8 Å². The van der Waals surface area contributed by atoms with Crippen molar-refractivity contribution in [3.8, 4) is 5.75 Å². The minimum atomic E-state index is -3.69. The first-order chi connectivity index (χ1) is 15.9. The SMILES string of the molecule is COc1ccc(C=CS(=O)(=O)N2CCN(NC3CCN(c4ccncc4)CC3)C(=O)C2)cc1. The van der Waals surface area contributed by atoms with Crippen LogP contribution in [0.5, 0.6) is 5.75 Å². The van der Waals surface area contributed by atoms with Gasteiger partial charge in [-0.05, 0) is 48.7 Å². The molecule has 2 aliphatic rings. The number of carbonyl (C=O) groups excluding carboxylic acids is 1. The highest BCUT2D eigenvalue weighted by atomic mass is 32.2. The van der Waals surface area contributed by atoms with Crippen LogP contribution in [-0.4, -0.2) is 74.5 Å². The normalized spacial score (nSPS) is 18.8. The maximum absolute atomic E-state index is 12.7. The topological polar surface area (TPSA) is 95.1 Å². The Labute approximate surface area is 194 Å². The quantitative estimate of drug-likeness (QED) is 0.657. The number of nitrogens with one attached hydrogen (secondary N) is 1. The smallest absolute Gasteiger partial charge is 0.252 e. The van der Waals surface area contributed by atoms with Crippen LogP contribution in [0.4, 0.5) is 5.69 Å². The molecule has 1 N–H and O–H groups in total. The standard InChI is InChI=1S/C23H29N5O4S/c1-32-22-4-2-19(3-5-22)10-17-33(30,31)27-15-16-28(23(29)18-27)25-20-8-13-26(14-9-20)21-6-11-24-12-7-21/h2-7,10-12,17,20,25H,8-9,13-16,18H2,1H3. The molecular weight excluding hydrogens is 442 g/mol. The molecule has 176 valence electrons. The third-order valence-electron chi connectivity index (χ3n) is 5.96. The number of hydrogen-bond acceptors (Lipinski definition) is 7. The van der Waals surface area contributed by atoms with Crippen LogP contribution in [0.25, 0.3) is 6.08 Å². The van der Waals surface area contributed by atoms with E-state index in [1.807, 2.05) is 12.1 Å². The number of carbonyl (C=O) groups is 1. The molecule has 0 spiro atoms. The minimum Gasteiger partial charge on any atom is -0.497 e. The molecule has 0 aliphatic carbocycles. The zero-order valence-electron chi connectivity index (χ0n) is 18.6. The fourth-order valence-electron chi connectivity index (χ4n) is 4.01. The van der Waals surface area contributed by atoms with Crippen molar-refractivity contribution in [1.29, 1.82) is 0 Å². The summed E-state index contributed by atoms with van der Waals surface area (Å²) in [5.41, 5.74) is 5.21. The van der Waals surface area contributed by atoms with E-state index in [1.165, 1.54) is 10.4 Å². The van der Waals surface area contributed by atoms with Crippen molar-refractivity contribution < 1.29 is 17.9 Å². The van der Waals surface area contributed by atoms with Gasteiger partial charge in [-0.25, -0.2) is 13.8 Å². The van der Waals surface area contributed by atoms with Crippen LogP contribution >= 0.6 is 0 Å². The fraction of sp³-hybridized carbons (Fsp3) is 0.391. The highest BCUT2D eigenvalue weighted by molar-refractivity contribution is 7.92. The number of aromatic nitrogens is 1. The fourth-order valence-corrected chi connectivity index (χ4v) is 5.14. The molecule has 33 heavy (non-hydrogen) atoms. The van der Waals surface area contributed by atoms with Gasteiger partial charge in [-0.1, -0.05) is 12.1 Å². The van der Waals surface area contributed by atoms with Gasteiger partial charge in [-0.15, -0.1) is 0 Å². The molecule has 0 bridgehead atoms. The summed E-state index contributed by atoms with van der Waals surface area (Å²) in [6.07, 6.45) is 6.91. The van der Waals surface area contributed by atoms with E-state index >= 15 is 0 Å². The number of pyridine rings is 1. The maximum Gasteiger partial charge on any atom is 0.252 e. The van der Waals surface area contributed by atoms with Crippen LogP contribution < -0.4 is 15.1 Å². The number of amides is 1. The van der Waals surface area contributed by atoms with E-state index in [9.17, 15) is 13.2 Å². The molecule has 0 unspecified atom stereocenters. The molecule has 1 amide bonds. The first-order valence-electron chi connectivity index (χ1n) is 11.0. The van der Waals surface area contributed by atoms with E-state index in [4.69, 9.17) is 4.74 Å². The second-order valence-corrected chi connectivity index (χ2v) is 9.91. The molecular formula is C23H29N5O4S. The molecule has 2 saturated heterocycles. The molecule has 0 atom stereocenters. The lowest BCUT2D eigenvalue weighted by Crippen LogP contribution is -2.59. The van der Waals surface area contributed by atoms with E-state index in [0.29, 0.717) is 12.3 Å². The van der Waals surface area contributed by atoms with Gasteiger partial charge in [0.05, 0.1) is 20.2 Å². The Morgan fingerprint density at radius 2 is 1.73 bits per heavy atom. The number of piperidine rings is 1. The first kappa shape index (κ1) is 23.2. The summed E-state index contributed by atoms with van der Waals surface area (Å²) in [5, 5.41) is 2.73. The van der Waals surface area contributed by atoms with E-state index in [0.717, 1.165) is 42.6 Å². The summed E-state index contributed by atoms with van der Waals surface area (Å²) in [6, 6.07) is 11.3. The lowest BCUT2D eigenvalue weighted by molar-refractivity contribution is -0.138. The van der Waals surface area contributed by atoms with Crippen LogP contribution in [0.2, 0.25) is 0 Å². The molecule has 2 aliphatic heterocycles. The van der Waals surface area contributed by atoms with E-state index < -0.39 is 10.0 Å². The summed E-state index contributed by atoms with van der Waals surface area (Å²) in [6.45, 7) is 2.18. The van der Waals surface area contributed by atoms with Gasteiger partial charge in [0, 0.05) is 49.2 Å². The van der Waals surface area contributed by atoms with Gasteiger partial charge in [0.2, 0.25) is 10.0 Å². The minimum absolute atomic E-state index is 0.169.